The number of nitrogens with zero attached hydrogens (tertiary/aromatic N) is 1. The molecule has 2 aliphatic rings. The molecular formula is C41H76N2. The Morgan fingerprint density at radius 2 is 1.42 bits per heavy atom. The first kappa shape index (κ1) is 45.3. The molecule has 2 saturated carbocycles. The number of rotatable bonds is 8. The molecule has 43 heavy (non-hydrogen) atoms. The minimum atomic E-state index is 0.807. The van der Waals surface area contributed by atoms with Gasteiger partial charge in [0.25, 0.3) is 0 Å². The monoisotopic (exact) mass is 597 g/mol. The summed E-state index contributed by atoms with van der Waals surface area (Å²) in [6.45, 7) is 38.7. The van der Waals surface area contributed by atoms with Crippen molar-refractivity contribution in [3.8, 4) is 0 Å². The second-order valence-electron chi connectivity index (χ2n) is 12.1. The molecule has 0 atom stereocenters. The van der Waals surface area contributed by atoms with E-state index in [-0.39, 0.29) is 0 Å². The van der Waals surface area contributed by atoms with Gasteiger partial charge in [-0.15, -0.1) is 0 Å². The van der Waals surface area contributed by atoms with Gasteiger partial charge < -0.3 is 5.32 Å². The summed E-state index contributed by atoms with van der Waals surface area (Å²) in [4.78, 5) is 4.63. The van der Waals surface area contributed by atoms with Crippen LogP contribution in [0.25, 0.3) is 11.1 Å². The van der Waals surface area contributed by atoms with Crippen LogP contribution in [0.3, 0.4) is 0 Å². The van der Waals surface area contributed by atoms with Crippen molar-refractivity contribution in [2.24, 2.45) is 22.7 Å². The van der Waals surface area contributed by atoms with Crippen LogP contribution < -0.4 is 5.32 Å². The van der Waals surface area contributed by atoms with E-state index in [1.165, 1.54) is 75.3 Å². The fraction of sp³-hybridized carbons (Fsp3) is 0.683. The fourth-order valence-electron chi connectivity index (χ4n) is 3.96. The lowest BCUT2D eigenvalue weighted by atomic mass is 9.91. The van der Waals surface area contributed by atoms with Gasteiger partial charge in [-0.2, -0.15) is 0 Å². The molecular weight excluding hydrogens is 520 g/mol. The molecule has 0 heterocycles. The van der Waals surface area contributed by atoms with Crippen LogP contribution in [-0.4, -0.2) is 12.4 Å². The Bertz CT molecular complexity index is 875. The minimum Gasteiger partial charge on any atom is -0.347 e. The smallest absolute Gasteiger partial charge is 0.0973 e. The molecule has 0 bridgehead atoms. The standard InChI is InChI=1S/C21H28N2.C7H14.C5H12.C4H10.2C2H6/c1-7-19(16(5)23-17(6)22-13-18-9-10-18)20-11-8-15(4)12-21(20)14(2)3;1-7-5-3-2-4-6-7;1-4-5(2)3;1-3-4-2;2*1-2/h7-8,11-12,18H,1-2,9-10,13H2,3-6H3,(H,22,23);7H,2-6H2,1H3;5H,4H2,1-3H3;3-4H2,1-2H3;2*1-2H3/b19-16+;;;;;. The van der Waals surface area contributed by atoms with Crippen molar-refractivity contribution >= 4 is 17.0 Å². The van der Waals surface area contributed by atoms with Crippen LogP contribution in [0.1, 0.15) is 171 Å². The number of aliphatic imine (C=N–C) groups is 1. The van der Waals surface area contributed by atoms with Crippen LogP contribution in [0.15, 0.2) is 48.1 Å². The first-order valence-electron chi connectivity index (χ1n) is 17.9. The van der Waals surface area contributed by atoms with Crippen molar-refractivity contribution in [1.29, 1.82) is 0 Å². The van der Waals surface area contributed by atoms with Crippen LogP contribution in [0.2, 0.25) is 0 Å². The predicted molar refractivity (Wildman–Crippen MR) is 203 cm³/mol. The van der Waals surface area contributed by atoms with Crippen molar-refractivity contribution in [2.75, 3.05) is 6.54 Å². The maximum atomic E-state index is 4.63. The highest BCUT2D eigenvalue weighted by Gasteiger charge is 2.20. The molecule has 2 heteroatoms. The highest BCUT2D eigenvalue weighted by molar-refractivity contribution is 5.88. The second-order valence-corrected chi connectivity index (χ2v) is 12.1. The highest BCUT2D eigenvalue weighted by atomic mass is 15.0. The summed E-state index contributed by atoms with van der Waals surface area (Å²) in [5.41, 5.74) is 6.82. The third kappa shape index (κ3) is 25.0. The Morgan fingerprint density at radius 1 is 0.907 bits per heavy atom. The summed E-state index contributed by atoms with van der Waals surface area (Å²) >= 11 is 0. The zero-order valence-corrected chi connectivity index (χ0v) is 31.7. The second kappa shape index (κ2) is 30.0. The summed E-state index contributed by atoms with van der Waals surface area (Å²) in [7, 11) is 0. The maximum Gasteiger partial charge on any atom is 0.0973 e. The van der Waals surface area contributed by atoms with Crippen molar-refractivity contribution < 1.29 is 0 Å². The molecule has 0 unspecified atom stereocenters. The molecule has 2 nitrogen and oxygen atoms in total. The maximum absolute atomic E-state index is 4.63. The summed E-state index contributed by atoms with van der Waals surface area (Å²) in [5.74, 6) is 3.70. The van der Waals surface area contributed by atoms with Gasteiger partial charge in [0.15, 0.2) is 0 Å². The van der Waals surface area contributed by atoms with Gasteiger partial charge in [-0.25, -0.2) is 0 Å². The van der Waals surface area contributed by atoms with E-state index in [4.69, 9.17) is 0 Å². The molecule has 2 aliphatic carbocycles. The van der Waals surface area contributed by atoms with Crippen LogP contribution in [0, 0.1) is 24.7 Å². The van der Waals surface area contributed by atoms with Gasteiger partial charge >= 0.3 is 0 Å². The number of unbranched alkanes of at least 4 members (excludes halogenated alkanes) is 1. The van der Waals surface area contributed by atoms with Gasteiger partial charge in [0.05, 0.1) is 5.84 Å². The molecule has 0 saturated heterocycles. The number of amidine groups is 1. The third-order valence-corrected chi connectivity index (χ3v) is 7.40. The molecule has 1 N–H and O–H groups in total. The number of hydrogen-bond donors (Lipinski definition) is 1. The number of benzene rings is 1. The zero-order valence-electron chi connectivity index (χ0n) is 31.7. The van der Waals surface area contributed by atoms with E-state index in [1.807, 2.05) is 47.6 Å². The first-order valence-corrected chi connectivity index (χ1v) is 17.9. The average molecular weight is 597 g/mol. The lowest BCUT2D eigenvalue weighted by Gasteiger charge is -2.16. The van der Waals surface area contributed by atoms with E-state index in [2.05, 4.69) is 97.1 Å². The summed E-state index contributed by atoms with van der Waals surface area (Å²) < 4.78 is 0. The lowest BCUT2D eigenvalue weighted by Crippen LogP contribution is -2.20. The SMILES string of the molecule is C=C/C(=C(/C)NC(C)=NCC1CC1)c1ccc(C)cc1C(=C)C.CC.CC.CC1CCCCC1.CCC(C)C.CCCC. The molecule has 3 rings (SSSR count). The normalized spacial score (nSPS) is 14.7. The van der Waals surface area contributed by atoms with Crippen molar-refractivity contribution in [2.45, 2.75) is 161 Å². The zero-order chi connectivity index (χ0) is 33.8. The Hall–Kier alpha value is -2.09. The summed E-state index contributed by atoms with van der Waals surface area (Å²) in [5, 5.41) is 3.42. The Kier molecular flexibility index (Phi) is 31.6. The van der Waals surface area contributed by atoms with Gasteiger partial charge in [-0.3, -0.25) is 4.99 Å². The fourth-order valence-corrected chi connectivity index (χ4v) is 3.96. The molecule has 0 radical (unpaired) electrons. The summed E-state index contributed by atoms with van der Waals surface area (Å²) in [6, 6.07) is 6.47. The molecule has 0 spiro atoms. The Morgan fingerprint density at radius 3 is 1.77 bits per heavy atom. The third-order valence-electron chi connectivity index (χ3n) is 7.40. The summed E-state index contributed by atoms with van der Waals surface area (Å²) in [6.07, 6.45) is 15.9. The lowest BCUT2D eigenvalue weighted by molar-refractivity contribution is 0.385. The molecule has 0 aliphatic heterocycles. The number of aryl methyl sites for hydroxylation is 1. The van der Waals surface area contributed by atoms with E-state index in [1.54, 1.807) is 0 Å². The topological polar surface area (TPSA) is 24.4 Å². The Labute approximate surface area is 272 Å². The molecule has 0 aromatic heterocycles. The van der Waals surface area contributed by atoms with E-state index in [0.29, 0.717) is 0 Å². The largest absolute Gasteiger partial charge is 0.347 e. The van der Waals surface area contributed by atoms with E-state index in [9.17, 15) is 0 Å². The van der Waals surface area contributed by atoms with E-state index in [0.717, 1.165) is 52.5 Å². The number of nitrogens with one attached hydrogen (secondary N) is 1. The van der Waals surface area contributed by atoms with Gasteiger partial charge in [0.1, 0.15) is 0 Å². The van der Waals surface area contributed by atoms with Crippen LogP contribution >= 0.6 is 0 Å². The predicted octanol–water partition coefficient (Wildman–Crippen LogP) is 13.9. The molecule has 1 aromatic carbocycles. The van der Waals surface area contributed by atoms with Gasteiger partial charge in [-0.05, 0) is 69.4 Å². The van der Waals surface area contributed by atoms with Crippen LogP contribution in [0.5, 0.6) is 0 Å². The van der Waals surface area contributed by atoms with Gasteiger partial charge in [0, 0.05) is 17.8 Å². The highest BCUT2D eigenvalue weighted by Crippen LogP contribution is 2.29. The van der Waals surface area contributed by atoms with E-state index < -0.39 is 0 Å². The molecule has 0 amide bonds. The van der Waals surface area contributed by atoms with Crippen LogP contribution in [0.4, 0.5) is 0 Å². The van der Waals surface area contributed by atoms with Crippen LogP contribution in [-0.2, 0) is 0 Å². The van der Waals surface area contributed by atoms with E-state index >= 15 is 0 Å². The van der Waals surface area contributed by atoms with Crippen molar-refractivity contribution in [3.63, 3.8) is 0 Å². The van der Waals surface area contributed by atoms with Gasteiger partial charge in [-0.1, -0.05) is 169 Å². The number of allylic oxidation sites excluding steroid dienone is 4. The first-order chi connectivity index (χ1) is 20.5. The average Bonchev–Trinajstić information content (AvgIpc) is 3.85. The minimum absolute atomic E-state index is 0.807. The van der Waals surface area contributed by atoms with Gasteiger partial charge in [0.2, 0.25) is 0 Å². The number of hydrogen-bond acceptors (Lipinski definition) is 1. The molecule has 2 fully saturated rings. The molecule has 250 valence electrons. The van der Waals surface area contributed by atoms with Crippen molar-refractivity contribution in [1.82, 2.24) is 5.32 Å². The quantitative estimate of drug-likeness (QED) is 0.180. The molecule has 1 aromatic rings. The van der Waals surface area contributed by atoms with Crippen molar-refractivity contribution in [3.05, 3.63) is 59.8 Å². The Balaban J connectivity index is -0.000000650.